The predicted molar refractivity (Wildman–Crippen MR) is 57.9 cm³/mol. The highest BCUT2D eigenvalue weighted by molar-refractivity contribution is 5.28. The molecule has 0 saturated heterocycles. The molecule has 1 N–H and O–H groups in total. The summed E-state index contributed by atoms with van der Waals surface area (Å²) in [5.74, 6) is 0.592. The first kappa shape index (κ1) is 13.8. The van der Waals surface area contributed by atoms with Gasteiger partial charge in [0, 0.05) is 0 Å². The maximum absolute atomic E-state index is 12.1. The summed E-state index contributed by atoms with van der Waals surface area (Å²) in [4.78, 5) is 0. The smallest absolute Gasteiger partial charge is 0.391 e. The molecular formula is C12H15F3O2. The van der Waals surface area contributed by atoms with Gasteiger partial charge in [-0.05, 0) is 24.1 Å². The van der Waals surface area contributed by atoms with Gasteiger partial charge in [-0.2, -0.15) is 13.2 Å². The Balaban J connectivity index is 2.60. The van der Waals surface area contributed by atoms with Crippen LogP contribution < -0.4 is 4.74 Å². The second-order valence-electron chi connectivity index (χ2n) is 3.75. The predicted octanol–water partition coefficient (Wildman–Crippen LogP) is 3.46. The van der Waals surface area contributed by atoms with E-state index in [1.165, 1.54) is 12.1 Å². The summed E-state index contributed by atoms with van der Waals surface area (Å²) in [6.45, 7) is 2.52. The average Bonchev–Trinajstić information content (AvgIpc) is 2.24. The van der Waals surface area contributed by atoms with E-state index in [1.54, 1.807) is 12.1 Å². The van der Waals surface area contributed by atoms with Gasteiger partial charge in [-0.15, -0.1) is 0 Å². The molecule has 17 heavy (non-hydrogen) atoms. The van der Waals surface area contributed by atoms with Crippen LogP contribution in [0.25, 0.3) is 0 Å². The van der Waals surface area contributed by atoms with Gasteiger partial charge in [-0.3, -0.25) is 0 Å². The number of halogens is 3. The molecule has 0 aliphatic carbocycles. The first-order chi connectivity index (χ1) is 7.92. The number of hydrogen-bond donors (Lipinski definition) is 1. The SMILES string of the molecule is CCCOc1ccc(C(O)CC(F)(F)F)cc1. The number of alkyl halides is 3. The van der Waals surface area contributed by atoms with Gasteiger partial charge in [-0.25, -0.2) is 0 Å². The van der Waals surface area contributed by atoms with Gasteiger partial charge in [0.25, 0.3) is 0 Å². The zero-order valence-electron chi connectivity index (χ0n) is 9.50. The van der Waals surface area contributed by atoms with Crippen LogP contribution in [0, 0.1) is 0 Å². The molecule has 0 aromatic heterocycles. The second-order valence-corrected chi connectivity index (χ2v) is 3.75. The van der Waals surface area contributed by atoms with Crippen LogP contribution in [0.3, 0.4) is 0 Å². The lowest BCUT2D eigenvalue weighted by Crippen LogP contribution is -2.13. The molecule has 0 radical (unpaired) electrons. The molecule has 1 unspecified atom stereocenters. The van der Waals surface area contributed by atoms with E-state index < -0.39 is 18.7 Å². The quantitative estimate of drug-likeness (QED) is 0.864. The molecular weight excluding hydrogens is 233 g/mol. The highest BCUT2D eigenvalue weighted by atomic mass is 19.4. The van der Waals surface area contributed by atoms with Crippen LogP contribution in [0.4, 0.5) is 13.2 Å². The van der Waals surface area contributed by atoms with E-state index >= 15 is 0 Å². The fourth-order valence-corrected chi connectivity index (χ4v) is 1.34. The Kier molecular flexibility index (Phi) is 4.81. The average molecular weight is 248 g/mol. The third-order valence-electron chi connectivity index (χ3n) is 2.16. The molecule has 0 bridgehead atoms. The van der Waals surface area contributed by atoms with Crippen molar-refractivity contribution in [3.63, 3.8) is 0 Å². The van der Waals surface area contributed by atoms with E-state index in [1.807, 2.05) is 6.92 Å². The summed E-state index contributed by atoms with van der Waals surface area (Å²) < 4.78 is 41.4. The number of aliphatic hydroxyl groups is 1. The number of hydrogen-bond acceptors (Lipinski definition) is 2. The van der Waals surface area contributed by atoms with Gasteiger partial charge in [0.2, 0.25) is 0 Å². The van der Waals surface area contributed by atoms with E-state index in [2.05, 4.69) is 0 Å². The van der Waals surface area contributed by atoms with Crippen molar-refractivity contribution in [1.29, 1.82) is 0 Å². The summed E-state index contributed by atoms with van der Waals surface area (Å²) >= 11 is 0. The van der Waals surface area contributed by atoms with Crippen molar-refractivity contribution < 1.29 is 23.0 Å². The van der Waals surface area contributed by atoms with E-state index in [4.69, 9.17) is 4.74 Å². The van der Waals surface area contributed by atoms with Crippen molar-refractivity contribution in [3.05, 3.63) is 29.8 Å². The Morgan fingerprint density at radius 2 is 1.82 bits per heavy atom. The molecule has 1 aromatic rings. The summed E-state index contributed by atoms with van der Waals surface area (Å²) in [6, 6.07) is 6.01. The zero-order chi connectivity index (χ0) is 12.9. The molecule has 0 aliphatic rings. The van der Waals surface area contributed by atoms with Crippen molar-refractivity contribution in [2.75, 3.05) is 6.61 Å². The van der Waals surface area contributed by atoms with Crippen LogP contribution in [0.1, 0.15) is 31.4 Å². The Morgan fingerprint density at radius 3 is 2.29 bits per heavy atom. The van der Waals surface area contributed by atoms with Gasteiger partial charge < -0.3 is 9.84 Å². The number of aliphatic hydroxyl groups excluding tert-OH is 1. The molecule has 1 aromatic carbocycles. The Bertz CT molecular complexity index is 333. The lowest BCUT2D eigenvalue weighted by atomic mass is 10.1. The van der Waals surface area contributed by atoms with E-state index in [0.29, 0.717) is 12.4 Å². The first-order valence-electron chi connectivity index (χ1n) is 5.40. The largest absolute Gasteiger partial charge is 0.494 e. The van der Waals surface area contributed by atoms with E-state index in [9.17, 15) is 18.3 Å². The maximum Gasteiger partial charge on any atom is 0.391 e. The minimum absolute atomic E-state index is 0.242. The van der Waals surface area contributed by atoms with Crippen molar-refractivity contribution >= 4 is 0 Å². The molecule has 5 heteroatoms. The summed E-state index contributed by atoms with van der Waals surface area (Å²) in [5, 5.41) is 9.36. The summed E-state index contributed by atoms with van der Waals surface area (Å²) in [7, 11) is 0. The van der Waals surface area contributed by atoms with Crippen LogP contribution in [-0.2, 0) is 0 Å². The molecule has 2 nitrogen and oxygen atoms in total. The van der Waals surface area contributed by atoms with Crippen molar-refractivity contribution in [1.82, 2.24) is 0 Å². The molecule has 96 valence electrons. The second kappa shape index (κ2) is 5.91. The Morgan fingerprint density at radius 1 is 1.24 bits per heavy atom. The topological polar surface area (TPSA) is 29.5 Å². The van der Waals surface area contributed by atoms with Crippen LogP contribution >= 0.6 is 0 Å². The van der Waals surface area contributed by atoms with Gasteiger partial charge >= 0.3 is 6.18 Å². The fraction of sp³-hybridized carbons (Fsp3) is 0.500. The third-order valence-corrected chi connectivity index (χ3v) is 2.16. The minimum Gasteiger partial charge on any atom is -0.494 e. The fourth-order valence-electron chi connectivity index (χ4n) is 1.34. The third kappa shape index (κ3) is 5.08. The number of ether oxygens (including phenoxy) is 1. The van der Waals surface area contributed by atoms with Crippen LogP contribution in [0.5, 0.6) is 5.75 Å². The number of benzene rings is 1. The maximum atomic E-state index is 12.1. The summed E-state index contributed by atoms with van der Waals surface area (Å²) in [5.41, 5.74) is 0.242. The molecule has 0 amide bonds. The van der Waals surface area contributed by atoms with Gasteiger partial charge in [0.05, 0.1) is 19.1 Å². The molecule has 0 aliphatic heterocycles. The van der Waals surface area contributed by atoms with Crippen LogP contribution in [0.2, 0.25) is 0 Å². The highest BCUT2D eigenvalue weighted by Crippen LogP contribution is 2.29. The van der Waals surface area contributed by atoms with Gasteiger partial charge in [-0.1, -0.05) is 19.1 Å². The lowest BCUT2D eigenvalue weighted by molar-refractivity contribution is -0.154. The molecule has 0 saturated carbocycles. The van der Waals surface area contributed by atoms with Crippen LogP contribution in [-0.4, -0.2) is 17.9 Å². The zero-order valence-corrected chi connectivity index (χ0v) is 9.50. The van der Waals surface area contributed by atoms with E-state index in [-0.39, 0.29) is 5.56 Å². The van der Waals surface area contributed by atoms with Crippen molar-refractivity contribution in [3.8, 4) is 5.75 Å². The Hall–Kier alpha value is -1.23. The first-order valence-corrected chi connectivity index (χ1v) is 5.40. The molecule has 0 fully saturated rings. The highest BCUT2D eigenvalue weighted by Gasteiger charge is 2.31. The van der Waals surface area contributed by atoms with Gasteiger partial charge in [0.1, 0.15) is 5.75 Å². The lowest BCUT2D eigenvalue weighted by Gasteiger charge is -2.14. The standard InChI is InChI=1S/C12H15F3O2/c1-2-7-17-10-5-3-9(4-6-10)11(16)8-12(13,14)15/h3-6,11,16H,2,7-8H2,1H3. The van der Waals surface area contributed by atoms with Crippen LogP contribution in [0.15, 0.2) is 24.3 Å². The van der Waals surface area contributed by atoms with Gasteiger partial charge in [0.15, 0.2) is 0 Å². The molecule has 0 heterocycles. The molecule has 0 spiro atoms. The normalized spacial score (nSPS) is 13.5. The van der Waals surface area contributed by atoms with Crippen molar-refractivity contribution in [2.24, 2.45) is 0 Å². The molecule has 1 rings (SSSR count). The van der Waals surface area contributed by atoms with E-state index in [0.717, 1.165) is 6.42 Å². The Labute approximate surface area is 98.0 Å². The van der Waals surface area contributed by atoms with Crippen molar-refractivity contribution in [2.45, 2.75) is 32.0 Å². The summed E-state index contributed by atoms with van der Waals surface area (Å²) in [6.07, 6.45) is -6.26. The number of rotatable bonds is 5. The minimum atomic E-state index is -4.36. The monoisotopic (exact) mass is 248 g/mol. The molecule has 1 atom stereocenters.